The summed E-state index contributed by atoms with van der Waals surface area (Å²) in [7, 11) is 4.35. The molecule has 0 aliphatic heterocycles. The Labute approximate surface area is 536 Å². The van der Waals surface area contributed by atoms with Gasteiger partial charge in [-0.1, -0.05) is 260 Å². The molecule has 2 atom stereocenters. The van der Waals surface area contributed by atoms with Crippen LogP contribution in [0.3, 0.4) is 0 Å². The molecule has 0 saturated heterocycles. The predicted octanol–water partition coefficient (Wildman–Crippen LogP) is 21.2. The fraction of sp³-hybridized carbons (Fsp3) is 0.947. The second-order valence-corrected chi connectivity index (χ2v) is 26.9. The van der Waals surface area contributed by atoms with E-state index in [1.54, 1.807) is 0 Å². The van der Waals surface area contributed by atoms with Gasteiger partial charge in [-0.3, -0.25) is 19.2 Å². The van der Waals surface area contributed by atoms with Crippen LogP contribution >= 0.6 is 0 Å². The number of likely N-dealkylation sites (N-methyl/N-ethyl adjacent to an activating group) is 1. The zero-order valence-corrected chi connectivity index (χ0v) is 59.2. The highest BCUT2D eigenvalue weighted by Gasteiger charge is 2.21. The normalized spacial score (nSPS) is 12.3. The molecule has 0 heterocycles. The van der Waals surface area contributed by atoms with Crippen molar-refractivity contribution in [2.45, 2.75) is 375 Å². The third kappa shape index (κ3) is 54.7. The molecule has 0 N–H and O–H groups in total. The lowest BCUT2D eigenvalue weighted by Gasteiger charge is -2.24. The van der Waals surface area contributed by atoms with Crippen molar-refractivity contribution in [1.29, 1.82) is 0 Å². The standard InChI is InChI=1S/C76H150N4O6/c1-9-15-21-27-31-43-57-71(55-41-23-17-11-3)75(83)85-69-53-39-37-51-65-79(63-49-25-19-13-5)73(81)59-45-33-29-35-47-61-78(68-67-77(7)8)62-48-36-30-34-46-60-74(82)80(64-50-26-20-14-6)66-52-38-40-54-70-86-76(84)72(56-42-24-18-12-4)58-44-32-28-22-16-10-2/h71-72H,9-70H2,1-8H3. The summed E-state index contributed by atoms with van der Waals surface area (Å²) in [6, 6.07) is 0. The molecule has 0 saturated carbocycles. The van der Waals surface area contributed by atoms with Gasteiger partial charge in [0.25, 0.3) is 0 Å². The van der Waals surface area contributed by atoms with Gasteiger partial charge in [0.05, 0.1) is 25.0 Å². The van der Waals surface area contributed by atoms with Gasteiger partial charge in [-0.25, -0.2) is 0 Å². The lowest BCUT2D eigenvalue weighted by atomic mass is 9.94. The zero-order valence-electron chi connectivity index (χ0n) is 59.2. The molecule has 86 heavy (non-hydrogen) atoms. The van der Waals surface area contributed by atoms with Crippen molar-refractivity contribution in [3.05, 3.63) is 0 Å². The second kappa shape index (κ2) is 65.7. The maximum absolute atomic E-state index is 13.6. The van der Waals surface area contributed by atoms with Gasteiger partial charge in [-0.2, -0.15) is 0 Å². The topological polar surface area (TPSA) is 99.7 Å². The monoisotopic (exact) mass is 1220 g/mol. The summed E-state index contributed by atoms with van der Waals surface area (Å²) in [5.41, 5.74) is 0. The van der Waals surface area contributed by atoms with Crippen LogP contribution in [0.25, 0.3) is 0 Å². The van der Waals surface area contributed by atoms with E-state index in [0.717, 1.165) is 194 Å². The van der Waals surface area contributed by atoms with E-state index in [1.165, 1.54) is 180 Å². The predicted molar refractivity (Wildman–Crippen MR) is 371 cm³/mol. The minimum atomic E-state index is 0.0403. The Bertz CT molecular complexity index is 1360. The van der Waals surface area contributed by atoms with Crippen LogP contribution in [0, 0.1) is 11.8 Å². The van der Waals surface area contributed by atoms with Crippen molar-refractivity contribution in [1.82, 2.24) is 19.6 Å². The van der Waals surface area contributed by atoms with E-state index in [-0.39, 0.29) is 23.8 Å². The largest absolute Gasteiger partial charge is 0.465 e. The molecule has 0 aromatic rings. The molecule has 0 fully saturated rings. The van der Waals surface area contributed by atoms with Gasteiger partial charge < -0.3 is 29.1 Å². The summed E-state index contributed by atoms with van der Waals surface area (Å²) in [5, 5.41) is 0. The summed E-state index contributed by atoms with van der Waals surface area (Å²) in [5.74, 6) is 0.906. The third-order valence-corrected chi connectivity index (χ3v) is 18.3. The van der Waals surface area contributed by atoms with E-state index >= 15 is 0 Å². The Morgan fingerprint density at radius 2 is 0.512 bits per heavy atom. The molecular weight excluding hydrogens is 1060 g/mol. The minimum absolute atomic E-state index is 0.0403. The summed E-state index contributed by atoms with van der Waals surface area (Å²) in [6.07, 6.45) is 59.1. The number of carbonyl (C=O) groups excluding carboxylic acids is 4. The van der Waals surface area contributed by atoms with E-state index in [2.05, 4.69) is 75.2 Å². The molecule has 0 aromatic heterocycles. The Morgan fingerprint density at radius 1 is 0.267 bits per heavy atom. The summed E-state index contributed by atoms with van der Waals surface area (Å²) in [4.78, 5) is 62.7. The van der Waals surface area contributed by atoms with Gasteiger partial charge >= 0.3 is 11.9 Å². The fourth-order valence-electron chi connectivity index (χ4n) is 12.3. The number of unbranched alkanes of at least 4 members (excludes halogenated alkanes) is 36. The zero-order chi connectivity index (χ0) is 63.0. The lowest BCUT2D eigenvalue weighted by molar-refractivity contribution is -0.150. The number of amides is 2. The van der Waals surface area contributed by atoms with E-state index in [1.807, 2.05) is 0 Å². The maximum Gasteiger partial charge on any atom is 0.308 e. The van der Waals surface area contributed by atoms with Crippen molar-refractivity contribution in [2.75, 3.05) is 79.7 Å². The van der Waals surface area contributed by atoms with Crippen LogP contribution in [0.5, 0.6) is 0 Å². The number of ether oxygens (including phenoxy) is 2. The SMILES string of the molecule is CCCCCCCCC(CCCCCC)C(=O)OCCCCCCN(CCCCCC)C(=O)CCCCCCCN(CCCCCCCC(=O)N(CCCCCC)CCCCCCOC(=O)C(CCCCCC)CCCCCCCC)CCN(C)C. The number of rotatable bonds is 69. The van der Waals surface area contributed by atoms with Gasteiger partial charge in [0.2, 0.25) is 11.8 Å². The van der Waals surface area contributed by atoms with E-state index in [9.17, 15) is 19.2 Å². The first kappa shape index (κ1) is 83.8. The number of esters is 2. The molecule has 2 unspecified atom stereocenters. The summed E-state index contributed by atoms with van der Waals surface area (Å²) >= 11 is 0. The first-order valence-electron chi connectivity index (χ1n) is 38.3. The Hall–Kier alpha value is -2.20. The molecule has 10 heteroatoms. The van der Waals surface area contributed by atoms with Crippen LogP contribution in [0.1, 0.15) is 375 Å². The molecule has 2 amide bonds. The molecule has 0 radical (unpaired) electrons. The summed E-state index contributed by atoms with van der Waals surface area (Å²) < 4.78 is 11.8. The molecule has 0 aromatic carbocycles. The quantitative estimate of drug-likeness (QED) is 0.0439. The smallest absolute Gasteiger partial charge is 0.308 e. The van der Waals surface area contributed by atoms with Crippen molar-refractivity contribution < 1.29 is 28.7 Å². The second-order valence-electron chi connectivity index (χ2n) is 26.9. The lowest BCUT2D eigenvalue weighted by Crippen LogP contribution is -2.33. The van der Waals surface area contributed by atoms with Crippen LogP contribution in [0.2, 0.25) is 0 Å². The average Bonchev–Trinajstić information content (AvgIpc) is 3.52. The number of nitrogens with zero attached hydrogens (tertiary/aromatic N) is 4. The molecule has 0 bridgehead atoms. The van der Waals surface area contributed by atoms with E-state index in [4.69, 9.17) is 9.47 Å². The van der Waals surface area contributed by atoms with Crippen LogP contribution in [0.15, 0.2) is 0 Å². The van der Waals surface area contributed by atoms with Gasteiger partial charge in [0.15, 0.2) is 0 Å². The molecule has 0 rings (SSSR count). The highest BCUT2D eigenvalue weighted by atomic mass is 16.5. The minimum Gasteiger partial charge on any atom is -0.465 e. The highest BCUT2D eigenvalue weighted by molar-refractivity contribution is 5.76. The molecule has 0 aliphatic rings. The first-order chi connectivity index (χ1) is 42.1. The van der Waals surface area contributed by atoms with Crippen LogP contribution in [-0.4, -0.2) is 123 Å². The maximum atomic E-state index is 13.6. The average molecular weight is 1220 g/mol. The van der Waals surface area contributed by atoms with Crippen molar-refractivity contribution in [3.63, 3.8) is 0 Å². The molecule has 10 nitrogen and oxygen atoms in total. The molecule has 0 aliphatic carbocycles. The van der Waals surface area contributed by atoms with Gasteiger partial charge in [-0.15, -0.1) is 0 Å². The first-order valence-corrected chi connectivity index (χ1v) is 38.3. The Morgan fingerprint density at radius 3 is 0.826 bits per heavy atom. The number of carbonyl (C=O) groups is 4. The van der Waals surface area contributed by atoms with Gasteiger partial charge in [0.1, 0.15) is 0 Å². The Balaban J connectivity index is 4.70. The number of hydrogen-bond acceptors (Lipinski definition) is 8. The van der Waals surface area contributed by atoms with Crippen molar-refractivity contribution in [2.24, 2.45) is 11.8 Å². The van der Waals surface area contributed by atoms with E-state index in [0.29, 0.717) is 37.9 Å². The van der Waals surface area contributed by atoms with Gasteiger partial charge in [0, 0.05) is 52.1 Å². The molecule has 510 valence electrons. The fourth-order valence-corrected chi connectivity index (χ4v) is 12.3. The van der Waals surface area contributed by atoms with E-state index < -0.39 is 0 Å². The molecular formula is C76H150N4O6. The summed E-state index contributed by atoms with van der Waals surface area (Å²) in [6.45, 7) is 22.5. The van der Waals surface area contributed by atoms with Crippen LogP contribution < -0.4 is 0 Å². The highest BCUT2D eigenvalue weighted by Crippen LogP contribution is 2.23. The molecule has 0 spiro atoms. The van der Waals surface area contributed by atoms with Crippen LogP contribution in [-0.2, 0) is 28.7 Å². The number of hydrogen-bond donors (Lipinski definition) is 0. The third-order valence-electron chi connectivity index (χ3n) is 18.3. The van der Waals surface area contributed by atoms with Crippen molar-refractivity contribution >= 4 is 23.8 Å². The van der Waals surface area contributed by atoms with Crippen molar-refractivity contribution in [3.8, 4) is 0 Å². The Kier molecular flexibility index (Phi) is 64.1. The van der Waals surface area contributed by atoms with Crippen LogP contribution in [0.4, 0.5) is 0 Å². The van der Waals surface area contributed by atoms with Gasteiger partial charge in [-0.05, 0) is 130 Å².